The number of thiophene rings is 1. The Labute approximate surface area is 178 Å². The number of amides is 1. The molecule has 3 rings (SSSR count). The van der Waals surface area contributed by atoms with Gasteiger partial charge in [-0.05, 0) is 55.8 Å². The zero-order chi connectivity index (χ0) is 21.0. The second kappa shape index (κ2) is 9.11. The quantitative estimate of drug-likeness (QED) is 0.502. The number of hydrogen-bond acceptors (Lipinski definition) is 5. The maximum absolute atomic E-state index is 12.6. The maximum Gasteiger partial charge on any atom is 0.341 e. The van der Waals surface area contributed by atoms with Crippen LogP contribution in [0.3, 0.4) is 0 Å². The fourth-order valence-electron chi connectivity index (χ4n) is 2.94. The van der Waals surface area contributed by atoms with E-state index in [2.05, 4.69) is 5.32 Å². The highest BCUT2D eigenvalue weighted by molar-refractivity contribution is 7.17. The average Bonchev–Trinajstić information content (AvgIpc) is 3.04. The van der Waals surface area contributed by atoms with E-state index >= 15 is 0 Å². The van der Waals surface area contributed by atoms with E-state index in [0.29, 0.717) is 27.8 Å². The van der Waals surface area contributed by atoms with Crippen LogP contribution in [-0.4, -0.2) is 25.6 Å². The summed E-state index contributed by atoms with van der Waals surface area (Å²) >= 11 is 7.22. The molecule has 0 unspecified atom stereocenters. The first-order chi connectivity index (χ1) is 13.9. The Balaban J connectivity index is 2.00. The van der Waals surface area contributed by atoms with Crippen LogP contribution in [0.5, 0.6) is 5.75 Å². The molecule has 0 aliphatic carbocycles. The van der Waals surface area contributed by atoms with Crippen molar-refractivity contribution in [2.24, 2.45) is 0 Å². The zero-order valence-corrected chi connectivity index (χ0v) is 17.8. The summed E-state index contributed by atoms with van der Waals surface area (Å²) in [6.07, 6.45) is 0. The Morgan fingerprint density at radius 1 is 1.07 bits per heavy atom. The molecule has 7 heteroatoms. The molecule has 0 spiro atoms. The molecule has 150 valence electrons. The number of carbonyl (C=O) groups is 2. The van der Waals surface area contributed by atoms with Crippen LogP contribution in [-0.2, 0) is 4.74 Å². The van der Waals surface area contributed by atoms with Crippen molar-refractivity contribution in [1.82, 2.24) is 0 Å². The van der Waals surface area contributed by atoms with Gasteiger partial charge in [0.15, 0.2) is 0 Å². The summed E-state index contributed by atoms with van der Waals surface area (Å²) in [6.45, 7) is 4.40. The summed E-state index contributed by atoms with van der Waals surface area (Å²) in [5.41, 5.74) is 2.35. The Bertz CT molecular complexity index is 1030. The number of carbonyl (C=O) groups excluding carboxylic acids is 2. The fourth-order valence-corrected chi connectivity index (χ4v) is 4.12. The van der Waals surface area contributed by atoms with Crippen molar-refractivity contribution in [2.75, 3.05) is 19.0 Å². The third-order valence-corrected chi connectivity index (χ3v) is 5.53. The molecule has 29 heavy (non-hydrogen) atoms. The molecular weight excluding hydrogens is 410 g/mol. The van der Waals surface area contributed by atoms with Crippen molar-refractivity contribution in [3.63, 3.8) is 0 Å². The highest BCUT2D eigenvalue weighted by Crippen LogP contribution is 2.41. The molecule has 1 aromatic heterocycles. The molecule has 0 aliphatic heterocycles. The minimum Gasteiger partial charge on any atom is -0.494 e. The average molecular weight is 430 g/mol. The Kier molecular flexibility index (Phi) is 6.56. The normalized spacial score (nSPS) is 10.5. The number of esters is 1. The number of anilines is 1. The molecule has 0 radical (unpaired) electrons. The molecular formula is C22H20ClNO4S. The lowest BCUT2D eigenvalue weighted by Gasteiger charge is -2.09. The van der Waals surface area contributed by atoms with E-state index in [1.165, 1.54) is 18.4 Å². The molecule has 0 saturated carbocycles. The van der Waals surface area contributed by atoms with Gasteiger partial charge in [-0.15, -0.1) is 11.3 Å². The van der Waals surface area contributed by atoms with E-state index in [4.69, 9.17) is 21.1 Å². The van der Waals surface area contributed by atoms with Crippen LogP contribution in [0, 0.1) is 6.92 Å². The minimum absolute atomic E-state index is 0.327. The number of aryl methyl sites for hydroxylation is 1. The monoisotopic (exact) mass is 429 g/mol. The predicted molar refractivity (Wildman–Crippen MR) is 116 cm³/mol. The van der Waals surface area contributed by atoms with E-state index in [9.17, 15) is 9.59 Å². The number of rotatable bonds is 6. The molecule has 0 atom stereocenters. The number of hydrogen-bond donors (Lipinski definition) is 1. The molecule has 1 amide bonds. The summed E-state index contributed by atoms with van der Waals surface area (Å²) in [4.78, 5) is 26.1. The van der Waals surface area contributed by atoms with Gasteiger partial charge >= 0.3 is 5.97 Å². The summed E-state index contributed by atoms with van der Waals surface area (Å²) < 4.78 is 10.5. The predicted octanol–water partition coefficient (Wildman–Crippen LogP) is 5.81. The number of methoxy groups -OCH3 is 1. The standard InChI is InChI=1S/C22H20ClNO4S/c1-4-28-17-11-7-14(8-12-17)18-13(2)29-21(19(18)22(26)27-3)24-20(25)15-5-9-16(23)10-6-15/h5-12H,4H2,1-3H3,(H,24,25). The summed E-state index contributed by atoms with van der Waals surface area (Å²) in [7, 11) is 1.32. The van der Waals surface area contributed by atoms with Gasteiger partial charge in [-0.25, -0.2) is 4.79 Å². The third kappa shape index (κ3) is 4.60. The van der Waals surface area contributed by atoms with Crippen LogP contribution in [0.2, 0.25) is 5.02 Å². The van der Waals surface area contributed by atoms with E-state index in [-0.39, 0.29) is 5.91 Å². The number of ether oxygens (including phenoxy) is 2. The van der Waals surface area contributed by atoms with Crippen molar-refractivity contribution in [3.05, 3.63) is 69.6 Å². The number of halogens is 1. The van der Waals surface area contributed by atoms with Crippen molar-refractivity contribution < 1.29 is 19.1 Å². The van der Waals surface area contributed by atoms with E-state index in [0.717, 1.165) is 21.8 Å². The lowest BCUT2D eigenvalue weighted by molar-refractivity contribution is 0.0603. The highest BCUT2D eigenvalue weighted by atomic mass is 35.5. The van der Waals surface area contributed by atoms with Crippen LogP contribution < -0.4 is 10.1 Å². The van der Waals surface area contributed by atoms with Crippen molar-refractivity contribution >= 4 is 39.8 Å². The summed E-state index contributed by atoms with van der Waals surface area (Å²) in [5.74, 6) is -0.0871. The molecule has 0 aliphatic rings. The lowest BCUT2D eigenvalue weighted by atomic mass is 10.0. The van der Waals surface area contributed by atoms with Gasteiger partial charge in [0, 0.05) is 21.0 Å². The zero-order valence-electron chi connectivity index (χ0n) is 16.2. The van der Waals surface area contributed by atoms with Crippen LogP contribution in [0.15, 0.2) is 48.5 Å². The summed E-state index contributed by atoms with van der Waals surface area (Å²) in [6, 6.07) is 14.0. The number of benzene rings is 2. The fraction of sp³-hybridized carbons (Fsp3) is 0.182. The van der Waals surface area contributed by atoms with Gasteiger partial charge in [0.1, 0.15) is 16.3 Å². The smallest absolute Gasteiger partial charge is 0.341 e. The topological polar surface area (TPSA) is 64.6 Å². The largest absolute Gasteiger partial charge is 0.494 e. The first-order valence-corrected chi connectivity index (χ1v) is 10.2. The molecule has 1 heterocycles. The van der Waals surface area contributed by atoms with Gasteiger partial charge in [-0.3, -0.25) is 4.79 Å². The highest BCUT2D eigenvalue weighted by Gasteiger charge is 2.25. The van der Waals surface area contributed by atoms with Crippen LogP contribution in [0.25, 0.3) is 11.1 Å². The molecule has 5 nitrogen and oxygen atoms in total. The third-order valence-electron chi connectivity index (χ3n) is 4.26. The molecule has 0 fully saturated rings. The van der Waals surface area contributed by atoms with Crippen LogP contribution >= 0.6 is 22.9 Å². The number of nitrogens with one attached hydrogen (secondary N) is 1. The van der Waals surface area contributed by atoms with Gasteiger partial charge in [-0.2, -0.15) is 0 Å². The molecule has 0 bridgehead atoms. The lowest BCUT2D eigenvalue weighted by Crippen LogP contribution is -2.14. The van der Waals surface area contributed by atoms with E-state index in [1.54, 1.807) is 24.3 Å². The van der Waals surface area contributed by atoms with Gasteiger partial charge in [0.05, 0.1) is 13.7 Å². The Morgan fingerprint density at radius 2 is 1.72 bits per heavy atom. The molecule has 1 N–H and O–H groups in total. The van der Waals surface area contributed by atoms with Gasteiger partial charge in [0.25, 0.3) is 5.91 Å². The van der Waals surface area contributed by atoms with Crippen molar-refractivity contribution in [1.29, 1.82) is 0 Å². The molecule has 3 aromatic rings. The Hall–Kier alpha value is -2.83. The van der Waals surface area contributed by atoms with Gasteiger partial charge in [-0.1, -0.05) is 23.7 Å². The summed E-state index contributed by atoms with van der Waals surface area (Å²) in [5, 5.41) is 3.82. The van der Waals surface area contributed by atoms with E-state index < -0.39 is 5.97 Å². The van der Waals surface area contributed by atoms with E-state index in [1.807, 2.05) is 38.1 Å². The molecule has 0 saturated heterocycles. The minimum atomic E-state index is -0.510. The first-order valence-electron chi connectivity index (χ1n) is 8.96. The SMILES string of the molecule is CCOc1ccc(-c2c(C)sc(NC(=O)c3ccc(Cl)cc3)c2C(=O)OC)cc1. The second-order valence-corrected chi connectivity index (χ2v) is 7.81. The molecule has 2 aromatic carbocycles. The Morgan fingerprint density at radius 3 is 2.31 bits per heavy atom. The van der Waals surface area contributed by atoms with Crippen LogP contribution in [0.1, 0.15) is 32.5 Å². The van der Waals surface area contributed by atoms with Gasteiger partial charge in [0.2, 0.25) is 0 Å². The maximum atomic E-state index is 12.6. The van der Waals surface area contributed by atoms with Crippen LogP contribution in [0.4, 0.5) is 5.00 Å². The van der Waals surface area contributed by atoms with Crippen molar-refractivity contribution in [3.8, 4) is 16.9 Å². The first kappa shape index (κ1) is 20.9. The second-order valence-electron chi connectivity index (χ2n) is 6.15. The van der Waals surface area contributed by atoms with Crippen molar-refractivity contribution in [2.45, 2.75) is 13.8 Å². The van der Waals surface area contributed by atoms with Gasteiger partial charge < -0.3 is 14.8 Å².